The number of benzene rings is 1. The summed E-state index contributed by atoms with van der Waals surface area (Å²) in [6.45, 7) is 10.0. The standard InChI is InChI=1S/C17H30N2/c1-15(2)18-12-8-5-9-13-19(4)14-17-11-7-6-10-16(17)3/h6-7,10-11,15,18H,5,8-9,12-14H2,1-4H3. The van der Waals surface area contributed by atoms with Crippen LogP contribution in [-0.4, -0.2) is 31.1 Å². The molecule has 0 saturated heterocycles. The fourth-order valence-corrected chi connectivity index (χ4v) is 2.23. The van der Waals surface area contributed by atoms with Crippen molar-refractivity contribution in [1.29, 1.82) is 0 Å². The van der Waals surface area contributed by atoms with Gasteiger partial charge in [-0.2, -0.15) is 0 Å². The summed E-state index contributed by atoms with van der Waals surface area (Å²) in [6, 6.07) is 9.29. The molecule has 0 aromatic heterocycles. The van der Waals surface area contributed by atoms with Crippen LogP contribution in [0.25, 0.3) is 0 Å². The number of aryl methyl sites for hydroxylation is 1. The number of unbranched alkanes of at least 4 members (excludes halogenated alkanes) is 2. The summed E-state index contributed by atoms with van der Waals surface area (Å²) in [7, 11) is 2.22. The summed E-state index contributed by atoms with van der Waals surface area (Å²) >= 11 is 0. The lowest BCUT2D eigenvalue weighted by atomic mass is 10.1. The van der Waals surface area contributed by atoms with Gasteiger partial charge in [0, 0.05) is 12.6 Å². The van der Waals surface area contributed by atoms with Gasteiger partial charge >= 0.3 is 0 Å². The minimum atomic E-state index is 0.615. The van der Waals surface area contributed by atoms with E-state index in [-0.39, 0.29) is 0 Å². The summed E-state index contributed by atoms with van der Waals surface area (Å²) in [5, 5.41) is 3.47. The Labute approximate surface area is 119 Å². The summed E-state index contributed by atoms with van der Waals surface area (Å²) < 4.78 is 0. The van der Waals surface area contributed by atoms with Crippen molar-refractivity contribution in [3.8, 4) is 0 Å². The average molecular weight is 262 g/mol. The predicted octanol–water partition coefficient (Wildman–Crippen LogP) is 3.60. The first-order valence-electron chi connectivity index (χ1n) is 7.56. The van der Waals surface area contributed by atoms with Crippen LogP contribution >= 0.6 is 0 Å². The van der Waals surface area contributed by atoms with Crippen molar-refractivity contribution in [2.45, 2.75) is 52.6 Å². The van der Waals surface area contributed by atoms with Crippen LogP contribution in [0.1, 0.15) is 44.2 Å². The topological polar surface area (TPSA) is 15.3 Å². The highest BCUT2D eigenvalue weighted by molar-refractivity contribution is 5.25. The zero-order chi connectivity index (χ0) is 14.1. The van der Waals surface area contributed by atoms with Crippen LogP contribution in [0.2, 0.25) is 0 Å². The van der Waals surface area contributed by atoms with Crippen molar-refractivity contribution in [2.24, 2.45) is 0 Å². The van der Waals surface area contributed by atoms with Gasteiger partial charge in [0.05, 0.1) is 0 Å². The number of hydrogen-bond acceptors (Lipinski definition) is 2. The van der Waals surface area contributed by atoms with Gasteiger partial charge < -0.3 is 10.2 Å². The van der Waals surface area contributed by atoms with Crippen molar-refractivity contribution in [3.05, 3.63) is 35.4 Å². The van der Waals surface area contributed by atoms with Gasteiger partial charge in [0.2, 0.25) is 0 Å². The Balaban J connectivity index is 2.11. The van der Waals surface area contributed by atoms with E-state index < -0.39 is 0 Å². The maximum Gasteiger partial charge on any atom is 0.0233 e. The molecule has 0 heterocycles. The Kier molecular flexibility index (Phi) is 7.76. The molecule has 1 aromatic rings. The van der Waals surface area contributed by atoms with Crippen molar-refractivity contribution >= 4 is 0 Å². The lowest BCUT2D eigenvalue weighted by Crippen LogP contribution is -2.24. The first kappa shape index (κ1) is 16.2. The molecule has 0 saturated carbocycles. The Morgan fingerprint density at radius 1 is 1.11 bits per heavy atom. The fourth-order valence-electron chi connectivity index (χ4n) is 2.23. The van der Waals surface area contributed by atoms with Gasteiger partial charge in [-0.05, 0) is 51.0 Å². The molecule has 0 aliphatic carbocycles. The van der Waals surface area contributed by atoms with Gasteiger partial charge in [0.15, 0.2) is 0 Å². The number of rotatable bonds is 9. The van der Waals surface area contributed by atoms with Crippen molar-refractivity contribution in [3.63, 3.8) is 0 Å². The first-order valence-corrected chi connectivity index (χ1v) is 7.56. The summed E-state index contributed by atoms with van der Waals surface area (Å²) in [5.41, 5.74) is 2.85. The van der Waals surface area contributed by atoms with Crippen LogP contribution in [0.5, 0.6) is 0 Å². The number of nitrogens with one attached hydrogen (secondary N) is 1. The van der Waals surface area contributed by atoms with Crippen LogP contribution in [0.15, 0.2) is 24.3 Å². The second-order valence-electron chi connectivity index (χ2n) is 5.83. The maximum absolute atomic E-state index is 3.47. The third kappa shape index (κ3) is 7.34. The van der Waals surface area contributed by atoms with Gasteiger partial charge in [0.1, 0.15) is 0 Å². The highest BCUT2D eigenvalue weighted by Gasteiger charge is 2.02. The smallest absolute Gasteiger partial charge is 0.0233 e. The molecule has 0 unspecified atom stereocenters. The molecule has 1 rings (SSSR count). The second-order valence-corrected chi connectivity index (χ2v) is 5.83. The highest BCUT2D eigenvalue weighted by atomic mass is 15.1. The molecular formula is C17H30N2. The Bertz CT molecular complexity index is 347. The highest BCUT2D eigenvalue weighted by Crippen LogP contribution is 2.10. The van der Waals surface area contributed by atoms with E-state index in [1.54, 1.807) is 0 Å². The molecule has 0 spiro atoms. The monoisotopic (exact) mass is 262 g/mol. The Hall–Kier alpha value is -0.860. The minimum Gasteiger partial charge on any atom is -0.315 e. The molecule has 1 aromatic carbocycles. The molecule has 0 amide bonds. The quantitative estimate of drug-likeness (QED) is 0.684. The van der Waals surface area contributed by atoms with Crippen LogP contribution in [0.4, 0.5) is 0 Å². The maximum atomic E-state index is 3.47. The number of nitrogens with zero attached hydrogens (tertiary/aromatic N) is 1. The van der Waals surface area contributed by atoms with Crippen LogP contribution in [0.3, 0.4) is 0 Å². The Morgan fingerprint density at radius 2 is 1.84 bits per heavy atom. The van der Waals surface area contributed by atoms with E-state index in [9.17, 15) is 0 Å². The summed E-state index contributed by atoms with van der Waals surface area (Å²) in [5.74, 6) is 0. The van der Waals surface area contributed by atoms with Crippen molar-refractivity contribution < 1.29 is 0 Å². The van der Waals surface area contributed by atoms with Gasteiger partial charge in [-0.15, -0.1) is 0 Å². The first-order chi connectivity index (χ1) is 9.09. The SMILES string of the molecule is Cc1ccccc1CN(C)CCCCCNC(C)C. The van der Waals surface area contributed by atoms with E-state index in [4.69, 9.17) is 0 Å². The molecule has 1 N–H and O–H groups in total. The van der Waals surface area contributed by atoms with Crippen molar-refractivity contribution in [1.82, 2.24) is 10.2 Å². The third-order valence-corrected chi connectivity index (χ3v) is 3.47. The van der Waals surface area contributed by atoms with Gasteiger partial charge in [-0.25, -0.2) is 0 Å². The van der Waals surface area contributed by atoms with Crippen molar-refractivity contribution in [2.75, 3.05) is 20.1 Å². The van der Waals surface area contributed by atoms with Crippen LogP contribution < -0.4 is 5.32 Å². The van der Waals surface area contributed by atoms with E-state index in [0.29, 0.717) is 6.04 Å². The lowest BCUT2D eigenvalue weighted by molar-refractivity contribution is 0.316. The van der Waals surface area contributed by atoms with Crippen LogP contribution in [0, 0.1) is 6.92 Å². The van der Waals surface area contributed by atoms with E-state index >= 15 is 0 Å². The molecular weight excluding hydrogens is 232 g/mol. The molecule has 0 radical (unpaired) electrons. The second kappa shape index (κ2) is 9.11. The third-order valence-electron chi connectivity index (χ3n) is 3.47. The fraction of sp³-hybridized carbons (Fsp3) is 0.647. The normalized spacial score (nSPS) is 11.5. The molecule has 0 aliphatic heterocycles. The zero-order valence-corrected chi connectivity index (χ0v) is 13.1. The molecule has 0 bridgehead atoms. The zero-order valence-electron chi connectivity index (χ0n) is 13.1. The molecule has 2 nitrogen and oxygen atoms in total. The molecule has 19 heavy (non-hydrogen) atoms. The van der Waals surface area contributed by atoms with E-state index in [2.05, 4.69) is 62.3 Å². The molecule has 2 heteroatoms. The number of hydrogen-bond donors (Lipinski definition) is 1. The average Bonchev–Trinajstić information content (AvgIpc) is 2.36. The molecule has 0 aliphatic rings. The summed E-state index contributed by atoms with van der Waals surface area (Å²) in [6.07, 6.45) is 3.90. The van der Waals surface area contributed by atoms with Gasteiger partial charge in [-0.3, -0.25) is 0 Å². The largest absolute Gasteiger partial charge is 0.315 e. The minimum absolute atomic E-state index is 0.615. The van der Waals surface area contributed by atoms with Crippen LogP contribution in [-0.2, 0) is 6.54 Å². The van der Waals surface area contributed by atoms with Gasteiger partial charge in [-0.1, -0.05) is 44.5 Å². The Morgan fingerprint density at radius 3 is 2.53 bits per heavy atom. The predicted molar refractivity (Wildman–Crippen MR) is 84.5 cm³/mol. The van der Waals surface area contributed by atoms with E-state index in [1.807, 2.05) is 0 Å². The lowest BCUT2D eigenvalue weighted by Gasteiger charge is -2.18. The van der Waals surface area contributed by atoms with Gasteiger partial charge in [0.25, 0.3) is 0 Å². The van der Waals surface area contributed by atoms with E-state index in [1.165, 1.54) is 36.9 Å². The summed E-state index contributed by atoms with van der Waals surface area (Å²) in [4.78, 5) is 2.43. The van der Waals surface area contributed by atoms with E-state index in [0.717, 1.165) is 13.1 Å². The molecule has 0 fully saturated rings. The molecule has 108 valence electrons. The molecule has 0 atom stereocenters.